The monoisotopic (exact) mass is 418 g/mol. The van der Waals surface area contributed by atoms with Gasteiger partial charge in [0.15, 0.2) is 5.96 Å². The van der Waals surface area contributed by atoms with Crippen LogP contribution in [0.15, 0.2) is 40.2 Å². The third-order valence-corrected chi connectivity index (χ3v) is 2.88. The van der Waals surface area contributed by atoms with E-state index in [1.807, 2.05) is 23.0 Å². The number of nitrogens with zero attached hydrogens (tertiary/aromatic N) is 4. The molecule has 2 aromatic heterocycles. The molecular formula is C14H23IN6O. The van der Waals surface area contributed by atoms with Gasteiger partial charge in [-0.3, -0.25) is 9.67 Å². The zero-order chi connectivity index (χ0) is 14.8. The van der Waals surface area contributed by atoms with Gasteiger partial charge in [0, 0.05) is 38.8 Å². The fraction of sp³-hybridized carbons (Fsp3) is 0.500. The smallest absolute Gasteiger partial charge is 0.191 e. The summed E-state index contributed by atoms with van der Waals surface area (Å²) < 4.78 is 7.11. The van der Waals surface area contributed by atoms with Gasteiger partial charge in [-0.05, 0) is 25.5 Å². The van der Waals surface area contributed by atoms with Gasteiger partial charge >= 0.3 is 0 Å². The predicted octanol–water partition coefficient (Wildman–Crippen LogP) is 1.68. The Labute approximate surface area is 147 Å². The Kier molecular flexibility index (Phi) is 9.28. The third-order valence-electron chi connectivity index (χ3n) is 2.88. The van der Waals surface area contributed by atoms with Crippen molar-refractivity contribution in [1.29, 1.82) is 0 Å². The highest BCUT2D eigenvalue weighted by molar-refractivity contribution is 14.0. The second-order valence-corrected chi connectivity index (χ2v) is 4.54. The zero-order valence-corrected chi connectivity index (χ0v) is 15.1. The molecule has 2 aromatic rings. The highest BCUT2D eigenvalue weighted by Gasteiger charge is 1.99. The molecular weight excluding hydrogens is 395 g/mol. The Morgan fingerprint density at radius 3 is 3.00 bits per heavy atom. The van der Waals surface area contributed by atoms with Crippen molar-refractivity contribution in [3.8, 4) is 0 Å². The van der Waals surface area contributed by atoms with Crippen LogP contribution in [-0.2, 0) is 13.0 Å². The zero-order valence-electron chi connectivity index (χ0n) is 12.7. The van der Waals surface area contributed by atoms with Crippen LogP contribution in [0.1, 0.15) is 19.1 Å². The Bertz CT molecular complexity index is 511. The summed E-state index contributed by atoms with van der Waals surface area (Å²) in [7, 11) is 0. The fourth-order valence-corrected chi connectivity index (χ4v) is 1.88. The van der Waals surface area contributed by atoms with Crippen molar-refractivity contribution >= 4 is 29.9 Å². The van der Waals surface area contributed by atoms with Crippen LogP contribution in [0, 0.1) is 0 Å². The van der Waals surface area contributed by atoms with Gasteiger partial charge in [-0.2, -0.15) is 0 Å². The number of hydrogen-bond donors (Lipinski definition) is 2. The van der Waals surface area contributed by atoms with Gasteiger partial charge in [0.05, 0.1) is 12.5 Å². The quantitative estimate of drug-likeness (QED) is 0.295. The van der Waals surface area contributed by atoms with Crippen molar-refractivity contribution in [1.82, 2.24) is 25.6 Å². The SMILES string of the molecule is CCNC(=NCCCn1ccnn1)NCCc1ccco1.I. The molecule has 0 saturated carbocycles. The Balaban J connectivity index is 0.00000242. The average molecular weight is 418 g/mol. The summed E-state index contributed by atoms with van der Waals surface area (Å²) >= 11 is 0. The molecule has 0 aliphatic rings. The predicted molar refractivity (Wildman–Crippen MR) is 96.4 cm³/mol. The first kappa shape index (κ1) is 18.5. The van der Waals surface area contributed by atoms with Crippen molar-refractivity contribution in [2.45, 2.75) is 26.3 Å². The topological polar surface area (TPSA) is 80.3 Å². The number of aromatic nitrogens is 3. The Morgan fingerprint density at radius 2 is 2.32 bits per heavy atom. The highest BCUT2D eigenvalue weighted by Crippen LogP contribution is 1.99. The molecule has 0 radical (unpaired) electrons. The summed E-state index contributed by atoms with van der Waals surface area (Å²) in [5.41, 5.74) is 0. The van der Waals surface area contributed by atoms with Crippen molar-refractivity contribution in [3.05, 3.63) is 36.5 Å². The van der Waals surface area contributed by atoms with Crippen molar-refractivity contribution in [2.24, 2.45) is 4.99 Å². The van der Waals surface area contributed by atoms with Crippen LogP contribution < -0.4 is 10.6 Å². The Morgan fingerprint density at radius 1 is 1.41 bits per heavy atom. The molecule has 0 fully saturated rings. The van der Waals surface area contributed by atoms with E-state index in [0.29, 0.717) is 0 Å². The minimum Gasteiger partial charge on any atom is -0.469 e. The lowest BCUT2D eigenvalue weighted by atomic mass is 10.3. The van der Waals surface area contributed by atoms with Crippen molar-refractivity contribution < 1.29 is 4.42 Å². The summed E-state index contributed by atoms with van der Waals surface area (Å²) in [6.07, 6.45) is 7.01. The first-order chi connectivity index (χ1) is 10.4. The van der Waals surface area contributed by atoms with E-state index in [4.69, 9.17) is 4.42 Å². The molecule has 8 heteroatoms. The number of guanidine groups is 1. The number of furan rings is 1. The largest absolute Gasteiger partial charge is 0.469 e. The van der Waals surface area contributed by atoms with Gasteiger partial charge in [0.1, 0.15) is 5.76 Å². The fourth-order valence-electron chi connectivity index (χ4n) is 1.88. The van der Waals surface area contributed by atoms with Crippen LogP contribution in [-0.4, -0.2) is 40.6 Å². The van der Waals surface area contributed by atoms with Gasteiger partial charge < -0.3 is 15.1 Å². The maximum Gasteiger partial charge on any atom is 0.191 e. The van der Waals surface area contributed by atoms with Gasteiger partial charge in [0.2, 0.25) is 0 Å². The summed E-state index contributed by atoms with van der Waals surface area (Å²) in [5, 5.41) is 14.2. The molecule has 0 amide bonds. The molecule has 2 heterocycles. The molecule has 0 saturated heterocycles. The third kappa shape index (κ3) is 6.92. The first-order valence-electron chi connectivity index (χ1n) is 7.27. The maximum absolute atomic E-state index is 5.30. The van der Waals surface area contributed by atoms with Crippen LogP contribution >= 0.6 is 24.0 Å². The van der Waals surface area contributed by atoms with E-state index >= 15 is 0 Å². The second-order valence-electron chi connectivity index (χ2n) is 4.54. The number of aliphatic imine (C=N–C) groups is 1. The lowest BCUT2D eigenvalue weighted by molar-refractivity contribution is 0.506. The molecule has 22 heavy (non-hydrogen) atoms. The van der Waals surface area contributed by atoms with E-state index in [1.54, 1.807) is 12.5 Å². The molecule has 0 bridgehead atoms. The second kappa shape index (κ2) is 11.0. The van der Waals surface area contributed by atoms with Crippen molar-refractivity contribution in [2.75, 3.05) is 19.6 Å². The number of aryl methyl sites for hydroxylation is 1. The minimum absolute atomic E-state index is 0. The van der Waals surface area contributed by atoms with Gasteiger partial charge in [0.25, 0.3) is 0 Å². The Hall–Kier alpha value is -1.58. The normalized spacial score (nSPS) is 11.0. The molecule has 7 nitrogen and oxygen atoms in total. The van der Waals surface area contributed by atoms with Gasteiger partial charge in [-0.15, -0.1) is 29.1 Å². The summed E-state index contributed by atoms with van der Waals surface area (Å²) in [6.45, 7) is 5.27. The van der Waals surface area contributed by atoms with Crippen molar-refractivity contribution in [3.63, 3.8) is 0 Å². The van der Waals surface area contributed by atoms with E-state index in [2.05, 4.69) is 32.9 Å². The van der Waals surface area contributed by atoms with Crippen LogP contribution in [0.3, 0.4) is 0 Å². The highest BCUT2D eigenvalue weighted by atomic mass is 127. The first-order valence-corrected chi connectivity index (χ1v) is 7.27. The molecule has 2 rings (SSSR count). The number of halogens is 1. The standard InChI is InChI=1S/C14H22N6O.HI/c1-2-15-14(17-8-6-13-5-3-12-21-13)16-7-4-10-20-11-9-18-19-20;/h3,5,9,11-12H,2,4,6-8,10H2,1H3,(H2,15,16,17);1H. The summed E-state index contributed by atoms with van der Waals surface area (Å²) in [4.78, 5) is 4.53. The number of rotatable bonds is 8. The van der Waals surface area contributed by atoms with Crippen LogP contribution in [0.4, 0.5) is 0 Å². The molecule has 0 aromatic carbocycles. The summed E-state index contributed by atoms with van der Waals surface area (Å²) in [6, 6.07) is 3.88. The van der Waals surface area contributed by atoms with Crippen LogP contribution in [0.5, 0.6) is 0 Å². The van der Waals surface area contributed by atoms with E-state index in [0.717, 1.165) is 50.7 Å². The molecule has 0 unspecified atom stereocenters. The molecule has 2 N–H and O–H groups in total. The molecule has 0 spiro atoms. The average Bonchev–Trinajstić information content (AvgIpc) is 3.17. The van der Waals surface area contributed by atoms with E-state index in [9.17, 15) is 0 Å². The van der Waals surface area contributed by atoms with Crippen LogP contribution in [0.25, 0.3) is 0 Å². The van der Waals surface area contributed by atoms with E-state index in [1.165, 1.54) is 0 Å². The maximum atomic E-state index is 5.30. The van der Waals surface area contributed by atoms with Crippen LogP contribution in [0.2, 0.25) is 0 Å². The molecule has 0 aliphatic carbocycles. The van der Waals surface area contributed by atoms with Gasteiger partial charge in [-0.25, -0.2) is 0 Å². The molecule has 0 atom stereocenters. The van der Waals surface area contributed by atoms with E-state index in [-0.39, 0.29) is 24.0 Å². The molecule has 122 valence electrons. The number of hydrogen-bond acceptors (Lipinski definition) is 4. The minimum atomic E-state index is 0. The lowest BCUT2D eigenvalue weighted by Crippen LogP contribution is -2.38. The van der Waals surface area contributed by atoms with E-state index < -0.39 is 0 Å². The lowest BCUT2D eigenvalue weighted by Gasteiger charge is -2.10. The number of nitrogens with one attached hydrogen (secondary N) is 2. The van der Waals surface area contributed by atoms with Gasteiger partial charge in [-0.1, -0.05) is 5.21 Å². The summed E-state index contributed by atoms with van der Waals surface area (Å²) in [5.74, 6) is 1.81. The molecule has 0 aliphatic heterocycles.